The zero-order chi connectivity index (χ0) is 14.4. The molecule has 2 rings (SSSR count). The van der Waals surface area contributed by atoms with Crippen molar-refractivity contribution in [1.82, 2.24) is 0 Å². The van der Waals surface area contributed by atoms with Gasteiger partial charge in [0, 0.05) is 24.8 Å². The number of hydrogen-bond acceptors (Lipinski definition) is 4. The largest absolute Gasteiger partial charge is 0.491 e. The van der Waals surface area contributed by atoms with Crippen molar-refractivity contribution in [2.75, 3.05) is 18.5 Å². The number of nitrogens with two attached hydrogens (primary N) is 1. The molecule has 1 aromatic carbocycles. The number of carbonyl (C=O) groups excluding carboxylic acids is 1. The van der Waals surface area contributed by atoms with Crippen LogP contribution in [-0.2, 0) is 9.53 Å². The Morgan fingerprint density at radius 3 is 2.76 bits per heavy atom. The lowest BCUT2D eigenvalue weighted by Gasteiger charge is -2.12. The van der Waals surface area contributed by atoms with Gasteiger partial charge in [-0.05, 0) is 44.0 Å². The monoisotopic (exact) mass is 314 g/mol. The van der Waals surface area contributed by atoms with Crippen LogP contribution in [0.25, 0.3) is 0 Å². The first kappa shape index (κ1) is 17.8. The molecule has 0 spiro atoms. The summed E-state index contributed by atoms with van der Waals surface area (Å²) in [5, 5.41) is 2.80. The van der Waals surface area contributed by atoms with Crippen LogP contribution in [0.3, 0.4) is 0 Å². The van der Waals surface area contributed by atoms with Crippen LogP contribution in [0.4, 0.5) is 5.69 Å². The summed E-state index contributed by atoms with van der Waals surface area (Å²) in [5.41, 5.74) is 6.33. The zero-order valence-corrected chi connectivity index (χ0v) is 13.0. The van der Waals surface area contributed by atoms with E-state index in [4.69, 9.17) is 15.2 Å². The molecule has 1 aliphatic rings. The van der Waals surface area contributed by atoms with Crippen LogP contribution in [0.5, 0.6) is 5.75 Å². The SMILES string of the molecule is CC(N)CC(=O)Nc1ccc(OCC2CCCO2)cc1.Cl. The molecule has 21 heavy (non-hydrogen) atoms. The van der Waals surface area contributed by atoms with Gasteiger partial charge in [-0.2, -0.15) is 0 Å². The van der Waals surface area contributed by atoms with Crippen molar-refractivity contribution in [2.45, 2.75) is 38.3 Å². The Bertz CT molecular complexity index is 431. The summed E-state index contributed by atoms with van der Waals surface area (Å²) in [4.78, 5) is 11.6. The predicted octanol–water partition coefficient (Wildman–Crippen LogP) is 2.34. The number of nitrogens with one attached hydrogen (secondary N) is 1. The van der Waals surface area contributed by atoms with Crippen molar-refractivity contribution in [3.05, 3.63) is 24.3 Å². The highest BCUT2D eigenvalue weighted by Gasteiger charge is 2.15. The summed E-state index contributed by atoms with van der Waals surface area (Å²) in [6, 6.07) is 7.20. The Morgan fingerprint density at radius 2 is 2.19 bits per heavy atom. The van der Waals surface area contributed by atoms with Crippen LogP contribution in [0, 0.1) is 0 Å². The first-order chi connectivity index (χ1) is 9.63. The lowest BCUT2D eigenvalue weighted by Crippen LogP contribution is -2.23. The van der Waals surface area contributed by atoms with Crippen LogP contribution in [0.15, 0.2) is 24.3 Å². The first-order valence-electron chi connectivity index (χ1n) is 7.03. The lowest BCUT2D eigenvalue weighted by atomic mass is 10.2. The summed E-state index contributed by atoms with van der Waals surface area (Å²) < 4.78 is 11.2. The highest BCUT2D eigenvalue weighted by Crippen LogP contribution is 2.18. The van der Waals surface area contributed by atoms with Crippen molar-refractivity contribution in [1.29, 1.82) is 0 Å². The molecule has 1 aromatic rings. The molecule has 2 atom stereocenters. The van der Waals surface area contributed by atoms with Crippen LogP contribution in [0.1, 0.15) is 26.2 Å². The second-order valence-electron chi connectivity index (χ2n) is 5.20. The van der Waals surface area contributed by atoms with Crippen LogP contribution in [0.2, 0.25) is 0 Å². The van der Waals surface area contributed by atoms with E-state index in [2.05, 4.69) is 5.32 Å². The Morgan fingerprint density at radius 1 is 1.48 bits per heavy atom. The fourth-order valence-corrected chi connectivity index (χ4v) is 2.10. The molecule has 5 nitrogen and oxygen atoms in total. The van der Waals surface area contributed by atoms with Crippen molar-refractivity contribution < 1.29 is 14.3 Å². The Labute approximate surface area is 131 Å². The maximum Gasteiger partial charge on any atom is 0.225 e. The van der Waals surface area contributed by atoms with Gasteiger partial charge in [0.05, 0.1) is 6.10 Å². The summed E-state index contributed by atoms with van der Waals surface area (Å²) in [5.74, 6) is 0.707. The van der Waals surface area contributed by atoms with Gasteiger partial charge in [0.2, 0.25) is 5.91 Å². The number of hydrogen-bond donors (Lipinski definition) is 2. The molecule has 1 amide bonds. The van der Waals surface area contributed by atoms with Gasteiger partial charge >= 0.3 is 0 Å². The van der Waals surface area contributed by atoms with E-state index in [-0.39, 0.29) is 30.5 Å². The minimum Gasteiger partial charge on any atom is -0.491 e. The summed E-state index contributed by atoms with van der Waals surface area (Å²) in [6.07, 6.45) is 2.70. The molecule has 2 unspecified atom stereocenters. The zero-order valence-electron chi connectivity index (χ0n) is 12.2. The highest BCUT2D eigenvalue weighted by molar-refractivity contribution is 5.91. The number of ether oxygens (including phenoxy) is 2. The van der Waals surface area contributed by atoms with E-state index in [9.17, 15) is 4.79 Å². The van der Waals surface area contributed by atoms with E-state index in [1.54, 1.807) is 0 Å². The quantitative estimate of drug-likeness (QED) is 0.845. The minimum atomic E-state index is -0.135. The molecule has 1 saturated heterocycles. The molecular formula is C15H23ClN2O3. The van der Waals surface area contributed by atoms with Crippen LogP contribution >= 0.6 is 12.4 Å². The number of amides is 1. The van der Waals surface area contributed by atoms with Gasteiger partial charge in [-0.15, -0.1) is 12.4 Å². The molecule has 3 N–H and O–H groups in total. The van der Waals surface area contributed by atoms with E-state index in [1.807, 2.05) is 31.2 Å². The minimum absolute atomic E-state index is 0. The second-order valence-corrected chi connectivity index (χ2v) is 5.20. The third-order valence-corrected chi connectivity index (χ3v) is 3.11. The summed E-state index contributed by atoms with van der Waals surface area (Å²) >= 11 is 0. The standard InChI is InChI=1S/C15H22N2O3.ClH/c1-11(16)9-15(18)17-12-4-6-13(7-5-12)20-10-14-3-2-8-19-14;/h4-7,11,14H,2-3,8-10,16H2,1H3,(H,17,18);1H. The molecule has 1 aliphatic heterocycles. The molecule has 1 heterocycles. The fourth-order valence-electron chi connectivity index (χ4n) is 2.10. The Hall–Kier alpha value is -1.30. The lowest BCUT2D eigenvalue weighted by molar-refractivity contribution is -0.116. The van der Waals surface area contributed by atoms with Gasteiger partial charge in [-0.3, -0.25) is 4.79 Å². The number of rotatable bonds is 6. The van der Waals surface area contributed by atoms with Crippen molar-refractivity contribution >= 4 is 24.0 Å². The van der Waals surface area contributed by atoms with Crippen LogP contribution < -0.4 is 15.8 Å². The number of carbonyl (C=O) groups is 1. The topological polar surface area (TPSA) is 73.6 Å². The van der Waals surface area contributed by atoms with Crippen LogP contribution in [-0.4, -0.2) is 31.3 Å². The van der Waals surface area contributed by atoms with Gasteiger partial charge < -0.3 is 20.5 Å². The normalized spacial score (nSPS) is 18.7. The first-order valence-corrected chi connectivity index (χ1v) is 7.03. The van der Waals surface area contributed by atoms with E-state index in [0.717, 1.165) is 30.9 Å². The molecule has 1 fully saturated rings. The number of benzene rings is 1. The molecule has 0 bridgehead atoms. The van der Waals surface area contributed by atoms with Gasteiger partial charge in [-0.25, -0.2) is 0 Å². The average Bonchev–Trinajstić information content (AvgIpc) is 2.90. The summed E-state index contributed by atoms with van der Waals surface area (Å²) in [7, 11) is 0. The van der Waals surface area contributed by atoms with E-state index < -0.39 is 0 Å². The summed E-state index contributed by atoms with van der Waals surface area (Å²) in [6.45, 7) is 3.22. The maximum absolute atomic E-state index is 11.6. The number of anilines is 1. The fraction of sp³-hybridized carbons (Fsp3) is 0.533. The van der Waals surface area contributed by atoms with Gasteiger partial charge in [-0.1, -0.05) is 0 Å². The van der Waals surface area contributed by atoms with Crippen molar-refractivity contribution in [2.24, 2.45) is 5.73 Å². The molecule has 0 aromatic heterocycles. The third kappa shape index (κ3) is 6.33. The molecule has 6 heteroatoms. The number of halogens is 1. The van der Waals surface area contributed by atoms with Gasteiger partial charge in [0.15, 0.2) is 0 Å². The van der Waals surface area contributed by atoms with Gasteiger partial charge in [0.25, 0.3) is 0 Å². The van der Waals surface area contributed by atoms with E-state index in [0.29, 0.717) is 13.0 Å². The molecular weight excluding hydrogens is 292 g/mol. The predicted molar refractivity (Wildman–Crippen MR) is 85.1 cm³/mol. The molecule has 118 valence electrons. The Balaban J connectivity index is 0.00000220. The average molecular weight is 315 g/mol. The van der Waals surface area contributed by atoms with Crippen molar-refractivity contribution in [3.63, 3.8) is 0 Å². The smallest absolute Gasteiger partial charge is 0.225 e. The van der Waals surface area contributed by atoms with E-state index in [1.165, 1.54) is 0 Å². The maximum atomic E-state index is 11.6. The van der Waals surface area contributed by atoms with Crippen molar-refractivity contribution in [3.8, 4) is 5.75 Å². The Kier molecular flexibility index (Phi) is 7.50. The van der Waals surface area contributed by atoms with E-state index >= 15 is 0 Å². The third-order valence-electron chi connectivity index (χ3n) is 3.11. The van der Waals surface area contributed by atoms with Gasteiger partial charge in [0.1, 0.15) is 12.4 Å². The second kappa shape index (κ2) is 8.87. The highest BCUT2D eigenvalue weighted by atomic mass is 35.5. The molecule has 0 radical (unpaired) electrons. The molecule has 0 saturated carbocycles. The molecule has 0 aliphatic carbocycles.